The van der Waals surface area contributed by atoms with Gasteiger partial charge >= 0.3 is 19.4 Å². The highest BCUT2D eigenvalue weighted by molar-refractivity contribution is 6.47. The normalized spacial score (nSPS) is 27.9. The Balaban J connectivity index is 1.21. The molecule has 55 heavy (non-hydrogen) atoms. The second-order valence-corrected chi connectivity index (χ2v) is 16.1. The van der Waals surface area contributed by atoms with Crippen molar-refractivity contribution in [1.29, 1.82) is 0 Å². The summed E-state index contributed by atoms with van der Waals surface area (Å²) in [7, 11) is -0.744. The van der Waals surface area contributed by atoms with Gasteiger partial charge < -0.3 is 19.4 Å². The van der Waals surface area contributed by atoms with Crippen LogP contribution in [0.25, 0.3) is 10.4 Å². The molecule has 3 unspecified atom stereocenters. The number of azide groups is 1. The number of nitrogens with zero attached hydrogens (tertiary/aromatic N) is 6. The van der Waals surface area contributed by atoms with E-state index in [-0.39, 0.29) is 41.6 Å². The molecule has 4 fully saturated rings. The molecule has 1 saturated heterocycles. The fraction of sp³-hybridized carbons (Fsp3) is 0.526. The summed E-state index contributed by atoms with van der Waals surface area (Å²) in [5.74, 6) is -0.359. The highest BCUT2D eigenvalue weighted by Gasteiger charge is 2.67. The summed E-state index contributed by atoms with van der Waals surface area (Å²) < 4.78 is 60.7. The minimum atomic E-state index is -4.66. The summed E-state index contributed by atoms with van der Waals surface area (Å²) >= 11 is 0. The first-order valence-corrected chi connectivity index (χ1v) is 18.5. The van der Waals surface area contributed by atoms with Gasteiger partial charge in [-0.3, -0.25) is 19.1 Å². The molecule has 0 spiro atoms. The number of nitrogens with one attached hydrogen (secondary N) is 1. The van der Waals surface area contributed by atoms with Gasteiger partial charge in [0, 0.05) is 4.91 Å². The zero-order chi connectivity index (χ0) is 39.5. The minimum Gasteiger partial charge on any atom is -0.444 e. The fourth-order valence-corrected chi connectivity index (χ4v) is 8.92. The minimum absolute atomic E-state index is 0.0159. The topological polar surface area (TPSA) is 161 Å². The molecule has 2 aromatic carbocycles. The quantitative estimate of drug-likeness (QED) is 0.0987. The zero-order valence-corrected chi connectivity index (χ0v) is 31.2. The smallest absolute Gasteiger partial charge is 0.444 e. The number of fused-ring (bicyclic) bond motifs is 1. The van der Waals surface area contributed by atoms with Crippen molar-refractivity contribution in [3.05, 3.63) is 104 Å². The van der Waals surface area contributed by atoms with Crippen molar-refractivity contribution < 1.29 is 36.8 Å². The van der Waals surface area contributed by atoms with Crippen LogP contribution in [0.1, 0.15) is 88.9 Å². The number of amides is 2. The molecule has 2 bridgehead atoms. The number of hydrogen-bond acceptors (Lipinski definition) is 8. The summed E-state index contributed by atoms with van der Waals surface area (Å²) in [5.41, 5.74) is 6.23. The number of carbonyl (C=O) groups excluding carboxylic acids is 2. The van der Waals surface area contributed by atoms with Crippen LogP contribution >= 0.6 is 0 Å². The number of hydrogen-bond donors (Lipinski definition) is 1. The molecule has 3 aromatic rings. The third-order valence-electron chi connectivity index (χ3n) is 12.2. The monoisotopic (exact) mass is 761 g/mol. The van der Waals surface area contributed by atoms with Crippen LogP contribution in [0.3, 0.4) is 0 Å². The van der Waals surface area contributed by atoms with E-state index in [1.54, 1.807) is 37.3 Å². The van der Waals surface area contributed by atoms with E-state index in [2.05, 4.69) is 41.1 Å². The molecule has 290 valence electrons. The Morgan fingerprint density at radius 1 is 1.15 bits per heavy atom. The highest BCUT2D eigenvalue weighted by atomic mass is 19.4. The summed E-state index contributed by atoms with van der Waals surface area (Å²) in [6, 6.07) is 11.8. The molecule has 17 heteroatoms. The number of anilines is 1. The Labute approximate surface area is 316 Å². The van der Waals surface area contributed by atoms with Crippen LogP contribution in [0.4, 0.5) is 23.7 Å². The first-order chi connectivity index (χ1) is 26.0. The summed E-state index contributed by atoms with van der Waals surface area (Å²) in [5, 5.41) is 6.94. The van der Waals surface area contributed by atoms with Crippen LogP contribution in [-0.2, 0) is 43.7 Å². The van der Waals surface area contributed by atoms with E-state index in [0.717, 1.165) is 40.6 Å². The highest BCUT2D eigenvalue weighted by Crippen LogP contribution is 2.64. The van der Waals surface area contributed by atoms with Gasteiger partial charge in [0.2, 0.25) is 5.91 Å². The molecular formula is C38H43BF3N7O6. The lowest BCUT2D eigenvalue weighted by molar-refractivity contribution is -0.185. The van der Waals surface area contributed by atoms with Gasteiger partial charge in [-0.15, -0.1) is 0 Å². The van der Waals surface area contributed by atoms with Crippen molar-refractivity contribution in [2.45, 2.75) is 109 Å². The van der Waals surface area contributed by atoms with Crippen LogP contribution in [0.5, 0.6) is 0 Å². The lowest BCUT2D eigenvalue weighted by Gasteiger charge is -2.63. The predicted molar refractivity (Wildman–Crippen MR) is 195 cm³/mol. The SMILES string of the molecule is CC[C@H](NC(=O)[C@@H]1C[C@@](C)(N=[N+]=[N-])c2ncc(N(Cc3cccc(C(F)(F)F)c3)C(=O)OCc3ccccc3)c(=O)n21)B1OC2C3CC(C[C@]2(C)O1)C3(C)C. The van der Waals surface area contributed by atoms with Crippen LogP contribution in [-0.4, -0.2) is 46.3 Å². The molecule has 2 amide bonds. The van der Waals surface area contributed by atoms with Crippen LogP contribution in [0, 0.1) is 17.3 Å². The molecule has 0 radical (unpaired) electrons. The molecular weight excluding hydrogens is 718 g/mol. The van der Waals surface area contributed by atoms with E-state index in [9.17, 15) is 33.1 Å². The number of benzene rings is 2. The lowest BCUT2D eigenvalue weighted by Crippen LogP contribution is -2.63. The summed E-state index contributed by atoms with van der Waals surface area (Å²) in [6.07, 6.45) is -2.54. The van der Waals surface area contributed by atoms with Crippen LogP contribution in [0.15, 0.2) is 70.7 Å². The second-order valence-electron chi connectivity index (χ2n) is 16.1. The average Bonchev–Trinajstić information content (AvgIpc) is 3.66. The number of rotatable bonds is 10. The second kappa shape index (κ2) is 14.0. The standard InChI is InChI=1S/C38H43BF3N7O6/c1-6-29(39-54-30-26-16-25(35(26,2)3)17-37(30,5)55-39)45-31(50)27-18-36(4,46-47-43)33-44-19-28(32(51)49(27)33)48(34(52)53-21-22-11-8-7-9-12-22)20-23-13-10-14-24(15-23)38(40,41)42/h7-15,19,25-27,29-30H,6,16-18,20-21H2,1-5H3,(H,45,50)/t25?,26?,27-,29-,30?,36+,37-/m0/s1. The Bertz CT molecular complexity index is 2100. The van der Waals surface area contributed by atoms with Gasteiger partial charge in [0.15, 0.2) is 0 Å². The third kappa shape index (κ3) is 6.86. The largest absolute Gasteiger partial charge is 0.481 e. The lowest BCUT2D eigenvalue weighted by atomic mass is 9.45. The third-order valence-corrected chi connectivity index (χ3v) is 12.2. The molecule has 5 aliphatic rings. The van der Waals surface area contributed by atoms with Crippen LogP contribution in [0.2, 0.25) is 0 Å². The van der Waals surface area contributed by atoms with Gasteiger partial charge in [-0.1, -0.05) is 68.4 Å². The van der Waals surface area contributed by atoms with Crippen molar-refractivity contribution in [2.24, 2.45) is 22.4 Å². The molecule has 8 rings (SSSR count). The molecule has 1 N–H and O–H groups in total. The summed E-state index contributed by atoms with van der Waals surface area (Å²) in [4.78, 5) is 50.9. The first-order valence-electron chi connectivity index (χ1n) is 18.5. The van der Waals surface area contributed by atoms with Gasteiger partial charge in [-0.05, 0) is 85.6 Å². The molecule has 3 saturated carbocycles. The maximum atomic E-state index is 14.6. The number of carbonyl (C=O) groups is 2. The zero-order valence-electron chi connectivity index (χ0n) is 31.2. The van der Waals surface area contributed by atoms with E-state index < -0.39 is 66.1 Å². The van der Waals surface area contributed by atoms with Crippen molar-refractivity contribution in [1.82, 2.24) is 14.9 Å². The Hall–Kier alpha value is -4.86. The number of aromatic nitrogens is 2. The van der Waals surface area contributed by atoms with E-state index in [4.69, 9.17) is 14.0 Å². The molecule has 3 heterocycles. The summed E-state index contributed by atoms with van der Waals surface area (Å²) in [6.45, 7) is 9.31. The number of alkyl halides is 3. The van der Waals surface area contributed by atoms with Gasteiger partial charge in [-0.25, -0.2) is 9.78 Å². The Morgan fingerprint density at radius 3 is 2.55 bits per heavy atom. The van der Waals surface area contributed by atoms with Crippen molar-refractivity contribution in [3.8, 4) is 0 Å². The van der Waals surface area contributed by atoms with E-state index in [0.29, 0.717) is 23.8 Å². The maximum Gasteiger partial charge on any atom is 0.481 e. The van der Waals surface area contributed by atoms with Crippen molar-refractivity contribution >= 4 is 24.8 Å². The van der Waals surface area contributed by atoms with Gasteiger partial charge in [0.1, 0.15) is 29.7 Å². The molecule has 7 atom stereocenters. The molecule has 3 aliphatic carbocycles. The van der Waals surface area contributed by atoms with Crippen LogP contribution < -0.4 is 15.8 Å². The van der Waals surface area contributed by atoms with E-state index in [1.807, 2.05) is 6.92 Å². The fourth-order valence-electron chi connectivity index (χ4n) is 8.92. The average molecular weight is 762 g/mol. The Kier molecular flexibility index (Phi) is 9.79. The van der Waals surface area contributed by atoms with Crippen molar-refractivity contribution in [2.75, 3.05) is 4.90 Å². The molecule has 13 nitrogen and oxygen atoms in total. The predicted octanol–water partition coefficient (Wildman–Crippen LogP) is 7.24. The maximum absolute atomic E-state index is 14.6. The first kappa shape index (κ1) is 38.4. The van der Waals surface area contributed by atoms with Gasteiger partial charge in [0.05, 0.1) is 36.0 Å². The molecule has 1 aromatic heterocycles. The van der Waals surface area contributed by atoms with Gasteiger partial charge in [-0.2, -0.15) is 13.2 Å². The van der Waals surface area contributed by atoms with E-state index in [1.165, 1.54) is 12.1 Å². The number of ether oxygens (including phenoxy) is 1. The van der Waals surface area contributed by atoms with Gasteiger partial charge in [0.25, 0.3) is 5.56 Å². The van der Waals surface area contributed by atoms with E-state index >= 15 is 0 Å². The Morgan fingerprint density at radius 2 is 1.87 bits per heavy atom. The number of halogens is 3. The molecule has 2 aliphatic heterocycles. The van der Waals surface area contributed by atoms with Crippen molar-refractivity contribution in [3.63, 3.8) is 0 Å².